The Kier molecular flexibility index (Phi) is 10.5. The van der Waals surface area contributed by atoms with Crippen LogP contribution in [0.1, 0.15) is 72.5 Å². The first-order valence-electron chi connectivity index (χ1n) is 18.5. The van der Waals surface area contributed by atoms with Crippen molar-refractivity contribution in [2.24, 2.45) is 0 Å². The lowest BCUT2D eigenvalue weighted by Gasteiger charge is -2.35. The number of carbonyl (C=O) groups is 3. The number of anilines is 2. The van der Waals surface area contributed by atoms with E-state index in [0.717, 1.165) is 83.8 Å². The highest BCUT2D eigenvalue weighted by Crippen LogP contribution is 2.30. The number of pyridine rings is 2. The van der Waals surface area contributed by atoms with Crippen molar-refractivity contribution >= 4 is 40.4 Å². The molecular weight excluding hydrogens is 687 g/mol. The lowest BCUT2D eigenvalue weighted by atomic mass is 10.00. The Morgan fingerprint density at radius 2 is 1.72 bits per heavy atom. The number of nitrogens with zero attached hydrogens (tertiary/aromatic N) is 8. The van der Waals surface area contributed by atoms with Gasteiger partial charge in [0.2, 0.25) is 5.91 Å². The molecule has 0 saturated carbocycles. The minimum atomic E-state index is -0.479. The van der Waals surface area contributed by atoms with Crippen LogP contribution >= 0.6 is 0 Å². The summed E-state index contributed by atoms with van der Waals surface area (Å²) < 4.78 is 1.91. The van der Waals surface area contributed by atoms with Gasteiger partial charge in [0, 0.05) is 86.7 Å². The lowest BCUT2D eigenvalue weighted by Crippen LogP contribution is -2.50. The molecule has 15 heteroatoms. The number of urea groups is 1. The topological polar surface area (TPSA) is 174 Å². The van der Waals surface area contributed by atoms with Gasteiger partial charge in [-0.15, -0.1) is 5.10 Å². The van der Waals surface area contributed by atoms with Gasteiger partial charge in [-0.2, -0.15) is 10.2 Å². The maximum Gasteiger partial charge on any atom is 0.329 e. The Morgan fingerprint density at radius 1 is 0.926 bits per heavy atom. The van der Waals surface area contributed by atoms with Gasteiger partial charge in [-0.1, -0.05) is 13.3 Å². The molecule has 3 N–H and O–H groups in total. The Balaban J connectivity index is 1.03. The van der Waals surface area contributed by atoms with E-state index in [2.05, 4.69) is 67.6 Å². The first-order valence-corrected chi connectivity index (χ1v) is 18.5. The molecule has 4 amide bonds. The number of hydrogen-bond acceptors (Lipinski definition) is 10. The fraction of sp³-hybridized carbons (Fsp3) is 0.385. The maximum atomic E-state index is 13.8. The number of piperazine rings is 1. The molecular formula is C39H45N11O4. The standard InChI is InChI=1S/C39H45N11O4/c1-5-6-26-17-25(4)43-38(53)31(26)21-41-37(52)30-18-28(19-33-32(30)22-42-50(33)24(2)3)27-7-9-34(40-20-27)48-15-13-47(14-16-48)23-29-8-10-35(46-45-29)49-12-11-36(51)44-39(49)54/h7-10,17-20,22,24H,5-6,11-16,21,23H2,1-4H3,(H,41,52)(H,43,53)(H,44,51,54). The second kappa shape index (κ2) is 15.6. The van der Waals surface area contributed by atoms with Gasteiger partial charge in [0.1, 0.15) is 5.82 Å². The number of H-pyrrole nitrogens is 1. The van der Waals surface area contributed by atoms with E-state index in [1.165, 1.54) is 4.90 Å². The minimum Gasteiger partial charge on any atom is -0.354 e. The monoisotopic (exact) mass is 731 g/mol. The zero-order valence-electron chi connectivity index (χ0n) is 31.1. The molecule has 5 aromatic rings. The van der Waals surface area contributed by atoms with E-state index in [4.69, 9.17) is 4.98 Å². The highest BCUT2D eigenvalue weighted by molar-refractivity contribution is 6.08. The quantitative estimate of drug-likeness (QED) is 0.179. The van der Waals surface area contributed by atoms with E-state index in [9.17, 15) is 19.2 Å². The molecule has 6 heterocycles. The maximum absolute atomic E-state index is 13.8. The molecule has 0 atom stereocenters. The molecule has 4 aromatic heterocycles. The van der Waals surface area contributed by atoms with Crippen LogP contribution in [0.25, 0.3) is 22.0 Å². The first-order chi connectivity index (χ1) is 26.1. The van der Waals surface area contributed by atoms with Crippen LogP contribution < -0.4 is 26.0 Å². The van der Waals surface area contributed by atoms with Gasteiger partial charge >= 0.3 is 6.03 Å². The third kappa shape index (κ3) is 7.71. The molecule has 15 nitrogen and oxygen atoms in total. The average molecular weight is 732 g/mol. The molecule has 0 unspecified atom stereocenters. The van der Waals surface area contributed by atoms with Crippen molar-refractivity contribution in [3.63, 3.8) is 0 Å². The lowest BCUT2D eigenvalue weighted by molar-refractivity contribution is -0.120. The number of imide groups is 1. The van der Waals surface area contributed by atoms with E-state index in [0.29, 0.717) is 23.5 Å². The van der Waals surface area contributed by atoms with Crippen molar-refractivity contribution in [2.75, 3.05) is 42.5 Å². The summed E-state index contributed by atoms with van der Waals surface area (Å²) >= 11 is 0. The number of aromatic amines is 1. The van der Waals surface area contributed by atoms with Crippen LogP contribution in [0.4, 0.5) is 16.4 Å². The van der Waals surface area contributed by atoms with Crippen molar-refractivity contribution in [1.82, 2.24) is 45.5 Å². The molecule has 0 bridgehead atoms. The van der Waals surface area contributed by atoms with Crippen LogP contribution in [-0.2, 0) is 24.3 Å². The van der Waals surface area contributed by atoms with Crippen molar-refractivity contribution in [2.45, 2.75) is 66.1 Å². The number of benzene rings is 1. The predicted octanol–water partition coefficient (Wildman–Crippen LogP) is 4.12. The summed E-state index contributed by atoms with van der Waals surface area (Å²) in [5.74, 6) is 0.734. The molecule has 0 aliphatic carbocycles. The summed E-state index contributed by atoms with van der Waals surface area (Å²) in [5.41, 5.74) is 6.02. The molecule has 280 valence electrons. The Morgan fingerprint density at radius 3 is 2.41 bits per heavy atom. The Labute approximate surface area is 312 Å². The van der Waals surface area contributed by atoms with E-state index in [1.54, 1.807) is 12.3 Å². The predicted molar refractivity (Wildman–Crippen MR) is 205 cm³/mol. The van der Waals surface area contributed by atoms with Gasteiger partial charge in [0.05, 0.1) is 23.0 Å². The van der Waals surface area contributed by atoms with Gasteiger partial charge in [-0.25, -0.2) is 9.78 Å². The van der Waals surface area contributed by atoms with Gasteiger partial charge < -0.3 is 15.2 Å². The van der Waals surface area contributed by atoms with Gasteiger partial charge in [-0.05, 0) is 80.8 Å². The Hall–Kier alpha value is -5.96. The van der Waals surface area contributed by atoms with E-state index in [1.807, 2.05) is 48.1 Å². The molecule has 2 saturated heterocycles. The fourth-order valence-electron chi connectivity index (χ4n) is 7.12. The zero-order chi connectivity index (χ0) is 37.9. The number of aromatic nitrogens is 6. The van der Waals surface area contributed by atoms with E-state index in [-0.39, 0.29) is 42.9 Å². The largest absolute Gasteiger partial charge is 0.354 e. The molecule has 7 rings (SSSR count). The SMILES string of the molecule is CCCc1cc(C)[nH]c(=O)c1CNC(=O)c1cc(-c2ccc(N3CCN(Cc4ccc(N5CCC(=O)NC5=O)nn4)CC3)nc2)cc2c1cnn2C(C)C. The smallest absolute Gasteiger partial charge is 0.329 e. The highest BCUT2D eigenvalue weighted by atomic mass is 16.2. The van der Waals surface area contributed by atoms with Crippen molar-refractivity contribution < 1.29 is 14.4 Å². The molecule has 2 aliphatic rings. The summed E-state index contributed by atoms with van der Waals surface area (Å²) in [4.78, 5) is 64.0. The van der Waals surface area contributed by atoms with Crippen molar-refractivity contribution in [3.8, 4) is 11.1 Å². The Bertz CT molecular complexity index is 2240. The summed E-state index contributed by atoms with van der Waals surface area (Å²) in [6.07, 6.45) is 5.46. The third-order valence-electron chi connectivity index (χ3n) is 9.96. The third-order valence-corrected chi connectivity index (χ3v) is 9.96. The number of nitrogens with one attached hydrogen (secondary N) is 3. The van der Waals surface area contributed by atoms with Gasteiger partial charge in [-0.3, -0.25) is 34.2 Å². The molecule has 0 radical (unpaired) electrons. The normalized spacial score (nSPS) is 15.3. The summed E-state index contributed by atoms with van der Waals surface area (Å²) in [6.45, 7) is 12.3. The second-order valence-electron chi connectivity index (χ2n) is 14.2. The van der Waals surface area contributed by atoms with E-state index >= 15 is 0 Å². The van der Waals surface area contributed by atoms with Crippen molar-refractivity contribution in [1.29, 1.82) is 0 Å². The van der Waals surface area contributed by atoms with Crippen LogP contribution in [-0.4, -0.2) is 85.4 Å². The number of aryl methyl sites for hydroxylation is 2. The average Bonchev–Trinajstić information content (AvgIpc) is 3.60. The van der Waals surface area contributed by atoms with Gasteiger partial charge in [0.15, 0.2) is 5.82 Å². The number of hydrogen-bond donors (Lipinski definition) is 3. The van der Waals surface area contributed by atoms with Crippen LogP contribution in [0.3, 0.4) is 0 Å². The van der Waals surface area contributed by atoms with E-state index < -0.39 is 6.03 Å². The number of amides is 4. The zero-order valence-corrected chi connectivity index (χ0v) is 31.1. The number of rotatable bonds is 11. The fourth-order valence-corrected chi connectivity index (χ4v) is 7.12. The van der Waals surface area contributed by atoms with Crippen LogP contribution in [0.5, 0.6) is 0 Å². The number of carbonyl (C=O) groups excluding carboxylic acids is 3. The number of fused-ring (bicyclic) bond motifs is 1. The molecule has 1 aromatic carbocycles. The van der Waals surface area contributed by atoms with Crippen LogP contribution in [0, 0.1) is 6.92 Å². The molecule has 2 aliphatic heterocycles. The first kappa shape index (κ1) is 36.4. The van der Waals surface area contributed by atoms with Crippen molar-refractivity contribution in [3.05, 3.63) is 93.3 Å². The molecule has 2 fully saturated rings. The second-order valence-corrected chi connectivity index (χ2v) is 14.2. The molecule has 54 heavy (non-hydrogen) atoms. The van der Waals surface area contributed by atoms with Crippen LogP contribution in [0.2, 0.25) is 0 Å². The highest BCUT2D eigenvalue weighted by Gasteiger charge is 2.26. The minimum absolute atomic E-state index is 0.0813. The molecule has 0 spiro atoms. The summed E-state index contributed by atoms with van der Waals surface area (Å²) in [5, 5.41) is 19.2. The summed E-state index contributed by atoms with van der Waals surface area (Å²) in [6, 6.07) is 13.2. The van der Waals surface area contributed by atoms with Gasteiger partial charge in [0.25, 0.3) is 11.5 Å². The van der Waals surface area contributed by atoms with Crippen LogP contribution in [0.15, 0.2) is 59.7 Å². The summed E-state index contributed by atoms with van der Waals surface area (Å²) in [7, 11) is 0.